The summed E-state index contributed by atoms with van der Waals surface area (Å²) in [5.41, 5.74) is -0.869. The highest BCUT2D eigenvalue weighted by Gasteiger charge is 2.33. The standard InChI is InChI=1S/C14H19F3N2O2/c15-14(16,17)11-1-5-18-12(9-11)19-10-13(2-6-20)3-7-21-8-4-13/h1,5,9,20H,2-4,6-8,10H2,(H,18,19). The van der Waals surface area contributed by atoms with Crippen LogP contribution in [0.4, 0.5) is 19.0 Å². The van der Waals surface area contributed by atoms with E-state index in [1.807, 2.05) is 0 Å². The quantitative estimate of drug-likeness (QED) is 0.878. The van der Waals surface area contributed by atoms with Gasteiger partial charge in [-0.05, 0) is 36.8 Å². The molecule has 0 bridgehead atoms. The first kappa shape index (κ1) is 16.0. The lowest BCUT2D eigenvalue weighted by Crippen LogP contribution is -2.37. The molecule has 2 N–H and O–H groups in total. The van der Waals surface area contributed by atoms with Gasteiger partial charge in [-0.3, -0.25) is 0 Å². The normalized spacial score (nSPS) is 18.5. The molecule has 0 atom stereocenters. The summed E-state index contributed by atoms with van der Waals surface area (Å²) in [6.45, 7) is 1.75. The molecule has 7 heteroatoms. The van der Waals surface area contributed by atoms with Gasteiger partial charge in [0.05, 0.1) is 5.56 Å². The largest absolute Gasteiger partial charge is 0.416 e. The Kier molecular flexibility index (Phi) is 5.05. The van der Waals surface area contributed by atoms with Crippen molar-refractivity contribution in [1.29, 1.82) is 0 Å². The van der Waals surface area contributed by atoms with Crippen molar-refractivity contribution in [3.8, 4) is 0 Å². The Labute approximate surface area is 121 Å². The lowest BCUT2D eigenvalue weighted by Gasteiger charge is -2.37. The maximum absolute atomic E-state index is 12.7. The van der Waals surface area contributed by atoms with Gasteiger partial charge in [0.1, 0.15) is 5.82 Å². The molecule has 21 heavy (non-hydrogen) atoms. The zero-order chi connectivity index (χ0) is 15.3. The van der Waals surface area contributed by atoms with E-state index >= 15 is 0 Å². The molecule has 0 aliphatic carbocycles. The Hall–Kier alpha value is -1.34. The van der Waals surface area contributed by atoms with Crippen LogP contribution in [0.2, 0.25) is 0 Å². The first-order valence-corrected chi connectivity index (χ1v) is 6.91. The molecule has 1 aliphatic rings. The van der Waals surface area contributed by atoms with Gasteiger partial charge in [0.25, 0.3) is 0 Å². The number of nitrogens with zero attached hydrogens (tertiary/aromatic N) is 1. The van der Waals surface area contributed by atoms with E-state index in [2.05, 4.69) is 10.3 Å². The van der Waals surface area contributed by atoms with Crippen molar-refractivity contribution in [3.63, 3.8) is 0 Å². The van der Waals surface area contributed by atoms with E-state index < -0.39 is 11.7 Å². The highest BCUT2D eigenvalue weighted by molar-refractivity contribution is 5.38. The van der Waals surface area contributed by atoms with Crippen molar-refractivity contribution >= 4 is 5.82 Å². The number of hydrogen-bond donors (Lipinski definition) is 2. The molecule has 1 aromatic heterocycles. The fraction of sp³-hybridized carbons (Fsp3) is 0.643. The van der Waals surface area contributed by atoms with Gasteiger partial charge in [0, 0.05) is 32.6 Å². The Balaban J connectivity index is 2.04. The number of rotatable bonds is 5. The molecule has 1 aliphatic heterocycles. The molecule has 4 nitrogen and oxygen atoms in total. The number of alkyl halides is 3. The SMILES string of the molecule is OCCC1(CNc2cc(C(F)(F)F)ccn2)CCOCC1. The number of pyridine rings is 1. The molecule has 0 unspecified atom stereocenters. The smallest absolute Gasteiger partial charge is 0.396 e. The first-order valence-electron chi connectivity index (χ1n) is 6.91. The summed E-state index contributed by atoms with van der Waals surface area (Å²) in [5, 5.41) is 12.2. The summed E-state index contributed by atoms with van der Waals surface area (Å²) < 4.78 is 43.3. The van der Waals surface area contributed by atoms with Crippen LogP contribution in [0.1, 0.15) is 24.8 Å². The van der Waals surface area contributed by atoms with Crippen LogP contribution in [0.5, 0.6) is 0 Å². The molecule has 2 heterocycles. The van der Waals surface area contributed by atoms with Crippen molar-refractivity contribution in [2.75, 3.05) is 31.7 Å². The van der Waals surface area contributed by atoms with Gasteiger partial charge in [-0.1, -0.05) is 0 Å². The molecular weight excluding hydrogens is 285 g/mol. The summed E-state index contributed by atoms with van der Waals surface area (Å²) >= 11 is 0. The van der Waals surface area contributed by atoms with E-state index in [0.29, 0.717) is 26.2 Å². The number of nitrogens with one attached hydrogen (secondary N) is 1. The molecule has 1 fully saturated rings. The Morgan fingerprint density at radius 1 is 1.33 bits per heavy atom. The summed E-state index contributed by atoms with van der Waals surface area (Å²) in [4.78, 5) is 3.92. The highest BCUT2D eigenvalue weighted by atomic mass is 19.4. The van der Waals surface area contributed by atoms with Crippen LogP contribution in [0, 0.1) is 5.41 Å². The number of ether oxygens (including phenoxy) is 1. The fourth-order valence-electron chi connectivity index (χ4n) is 2.54. The van der Waals surface area contributed by atoms with Crippen LogP contribution in [-0.4, -0.2) is 36.5 Å². The molecule has 0 saturated carbocycles. The third kappa shape index (κ3) is 4.31. The minimum absolute atomic E-state index is 0.0533. The second-order valence-electron chi connectivity index (χ2n) is 5.37. The maximum Gasteiger partial charge on any atom is 0.416 e. The Bertz CT molecular complexity index is 454. The molecule has 0 radical (unpaired) electrons. The summed E-state index contributed by atoms with van der Waals surface area (Å²) in [7, 11) is 0. The molecule has 2 rings (SSSR count). The van der Waals surface area contributed by atoms with Crippen molar-refractivity contribution < 1.29 is 23.0 Å². The first-order chi connectivity index (χ1) is 9.95. The van der Waals surface area contributed by atoms with Gasteiger partial charge in [-0.15, -0.1) is 0 Å². The lowest BCUT2D eigenvalue weighted by molar-refractivity contribution is -0.137. The zero-order valence-corrected chi connectivity index (χ0v) is 11.6. The number of aliphatic hydroxyl groups is 1. The number of aromatic nitrogens is 1. The summed E-state index contributed by atoms with van der Waals surface area (Å²) in [5.74, 6) is 0.202. The summed E-state index contributed by atoms with van der Waals surface area (Å²) in [6, 6.07) is 1.95. The lowest BCUT2D eigenvalue weighted by atomic mass is 9.77. The Morgan fingerprint density at radius 2 is 2.05 bits per heavy atom. The average molecular weight is 304 g/mol. The molecule has 1 aromatic rings. The topological polar surface area (TPSA) is 54.4 Å². The van der Waals surface area contributed by atoms with Crippen LogP contribution in [0.15, 0.2) is 18.3 Å². The van der Waals surface area contributed by atoms with Gasteiger partial charge in [0.2, 0.25) is 0 Å². The van der Waals surface area contributed by atoms with E-state index in [-0.39, 0.29) is 17.8 Å². The van der Waals surface area contributed by atoms with Crippen molar-refractivity contribution in [1.82, 2.24) is 4.98 Å². The number of hydrogen-bond acceptors (Lipinski definition) is 4. The number of aliphatic hydroxyl groups excluding tert-OH is 1. The monoisotopic (exact) mass is 304 g/mol. The minimum Gasteiger partial charge on any atom is -0.396 e. The minimum atomic E-state index is -4.37. The average Bonchev–Trinajstić information content (AvgIpc) is 2.46. The van der Waals surface area contributed by atoms with E-state index in [9.17, 15) is 18.3 Å². The van der Waals surface area contributed by atoms with Crippen LogP contribution in [0.3, 0.4) is 0 Å². The van der Waals surface area contributed by atoms with Crippen LogP contribution >= 0.6 is 0 Å². The van der Waals surface area contributed by atoms with E-state index in [1.165, 1.54) is 0 Å². The molecular formula is C14H19F3N2O2. The van der Waals surface area contributed by atoms with E-state index in [1.54, 1.807) is 0 Å². The number of halogens is 3. The van der Waals surface area contributed by atoms with Gasteiger partial charge in [0.15, 0.2) is 0 Å². The second kappa shape index (κ2) is 6.62. The van der Waals surface area contributed by atoms with Crippen molar-refractivity contribution in [3.05, 3.63) is 23.9 Å². The Morgan fingerprint density at radius 3 is 2.67 bits per heavy atom. The van der Waals surface area contributed by atoms with Crippen molar-refractivity contribution in [2.24, 2.45) is 5.41 Å². The molecule has 0 amide bonds. The molecule has 118 valence electrons. The van der Waals surface area contributed by atoms with E-state index in [0.717, 1.165) is 31.2 Å². The van der Waals surface area contributed by atoms with Gasteiger partial charge >= 0.3 is 6.18 Å². The third-order valence-corrected chi connectivity index (χ3v) is 3.93. The van der Waals surface area contributed by atoms with Gasteiger partial charge < -0.3 is 15.2 Å². The van der Waals surface area contributed by atoms with Crippen LogP contribution in [0.25, 0.3) is 0 Å². The highest BCUT2D eigenvalue weighted by Crippen LogP contribution is 2.35. The number of anilines is 1. The van der Waals surface area contributed by atoms with Crippen molar-refractivity contribution in [2.45, 2.75) is 25.4 Å². The summed E-state index contributed by atoms with van der Waals surface area (Å²) in [6.07, 6.45) is -1.07. The molecule has 0 spiro atoms. The predicted molar refractivity (Wildman–Crippen MR) is 71.9 cm³/mol. The molecule has 1 saturated heterocycles. The maximum atomic E-state index is 12.7. The van der Waals surface area contributed by atoms with Gasteiger partial charge in [-0.2, -0.15) is 13.2 Å². The van der Waals surface area contributed by atoms with Gasteiger partial charge in [-0.25, -0.2) is 4.98 Å². The third-order valence-electron chi connectivity index (χ3n) is 3.93. The zero-order valence-electron chi connectivity index (χ0n) is 11.6. The van der Waals surface area contributed by atoms with E-state index in [4.69, 9.17) is 4.74 Å². The van der Waals surface area contributed by atoms with Crippen LogP contribution in [-0.2, 0) is 10.9 Å². The fourth-order valence-corrected chi connectivity index (χ4v) is 2.54. The van der Waals surface area contributed by atoms with Crippen LogP contribution < -0.4 is 5.32 Å². The molecule has 0 aromatic carbocycles. The predicted octanol–water partition coefficient (Wildman–Crippen LogP) is 2.69. The second-order valence-corrected chi connectivity index (χ2v) is 5.37.